The number of carbonyl (C=O) groups excluding carboxylic acids is 2. The summed E-state index contributed by atoms with van der Waals surface area (Å²) in [5.41, 5.74) is -1.50. The van der Waals surface area contributed by atoms with Gasteiger partial charge in [-0.15, -0.1) is 0 Å². The van der Waals surface area contributed by atoms with E-state index in [1.807, 2.05) is 0 Å². The third-order valence-corrected chi connectivity index (χ3v) is 3.81. The molecule has 2 amide bonds. The number of morpholine rings is 1. The van der Waals surface area contributed by atoms with Crippen molar-refractivity contribution in [2.24, 2.45) is 0 Å². The molecule has 1 aromatic rings. The van der Waals surface area contributed by atoms with Crippen molar-refractivity contribution in [1.82, 2.24) is 0 Å². The fourth-order valence-corrected chi connectivity index (χ4v) is 2.38. The van der Waals surface area contributed by atoms with Crippen molar-refractivity contribution in [3.05, 3.63) is 24.3 Å². The molecule has 0 spiro atoms. The molecule has 0 aliphatic carbocycles. The van der Waals surface area contributed by atoms with Crippen LogP contribution < -0.4 is 9.64 Å². The molecule has 2 heterocycles. The zero-order chi connectivity index (χ0) is 13.1. The first kappa shape index (κ1) is 11.2. The molecule has 0 N–H and O–H groups in total. The molecule has 0 bridgehead atoms. The van der Waals surface area contributed by atoms with E-state index >= 15 is 0 Å². The molecule has 0 saturated carbocycles. The molecule has 2 unspecified atom stereocenters. The number of benzene rings is 1. The van der Waals surface area contributed by atoms with Crippen LogP contribution in [0.5, 0.6) is 5.75 Å². The fraction of sp³-hybridized carbons (Fsp3) is 0.385. The molecule has 0 aromatic heterocycles. The number of rotatable bonds is 2. The lowest BCUT2D eigenvalue weighted by atomic mass is 10.00. The van der Waals surface area contributed by atoms with E-state index in [1.54, 1.807) is 38.1 Å². The summed E-state index contributed by atoms with van der Waals surface area (Å²) in [4.78, 5) is 25.6. The van der Waals surface area contributed by atoms with Crippen molar-refractivity contribution in [3.63, 3.8) is 0 Å². The highest BCUT2D eigenvalue weighted by molar-refractivity contribution is 6.30. The summed E-state index contributed by atoms with van der Waals surface area (Å²) < 4.78 is 10.4. The fourth-order valence-electron chi connectivity index (χ4n) is 2.38. The normalized spacial score (nSPS) is 33.6. The molecule has 94 valence electrons. The van der Waals surface area contributed by atoms with Crippen LogP contribution in [0.2, 0.25) is 0 Å². The second-order valence-electron chi connectivity index (χ2n) is 4.82. The minimum atomic E-state index is -1.01. The zero-order valence-electron chi connectivity index (χ0n) is 10.4. The van der Waals surface area contributed by atoms with Gasteiger partial charge in [0, 0.05) is 6.07 Å². The summed E-state index contributed by atoms with van der Waals surface area (Å²) in [6, 6.07) is 6.86. The summed E-state index contributed by atoms with van der Waals surface area (Å²) in [5.74, 6) is -0.0311. The predicted octanol–water partition coefficient (Wildman–Crippen LogP) is 1.12. The highest BCUT2D eigenvalue weighted by atomic mass is 16.6. The second kappa shape index (κ2) is 3.11. The van der Waals surface area contributed by atoms with Gasteiger partial charge in [-0.05, 0) is 26.0 Å². The molecule has 5 heteroatoms. The second-order valence-corrected chi connectivity index (χ2v) is 4.82. The summed E-state index contributed by atoms with van der Waals surface area (Å²) in [7, 11) is 1.54. The van der Waals surface area contributed by atoms with Gasteiger partial charge in [0.1, 0.15) is 5.75 Å². The molecule has 0 radical (unpaired) electrons. The third kappa shape index (κ3) is 1.09. The molecule has 2 saturated heterocycles. The Labute approximate surface area is 104 Å². The van der Waals surface area contributed by atoms with Crippen LogP contribution in [-0.2, 0) is 14.3 Å². The Kier molecular flexibility index (Phi) is 1.94. The lowest BCUT2D eigenvalue weighted by Gasteiger charge is -2.18. The average Bonchev–Trinajstić information content (AvgIpc) is 2.91. The van der Waals surface area contributed by atoms with Crippen LogP contribution in [0.3, 0.4) is 0 Å². The van der Waals surface area contributed by atoms with Crippen LogP contribution in [0.1, 0.15) is 13.8 Å². The Morgan fingerprint density at radius 2 is 1.78 bits per heavy atom. The van der Waals surface area contributed by atoms with Crippen molar-refractivity contribution in [1.29, 1.82) is 0 Å². The van der Waals surface area contributed by atoms with Crippen LogP contribution in [0.25, 0.3) is 0 Å². The van der Waals surface area contributed by atoms with Crippen molar-refractivity contribution in [2.45, 2.75) is 25.0 Å². The first-order valence-corrected chi connectivity index (χ1v) is 5.67. The first-order valence-electron chi connectivity index (χ1n) is 5.67. The highest BCUT2D eigenvalue weighted by Gasteiger charge is 2.81. The molecule has 18 heavy (non-hydrogen) atoms. The number of carbonyl (C=O) groups is 2. The van der Waals surface area contributed by atoms with Crippen molar-refractivity contribution < 1.29 is 19.1 Å². The number of nitrogens with zero attached hydrogens (tertiary/aromatic N) is 1. The number of fused-ring (bicyclic) bond motifs is 1. The smallest absolute Gasteiger partial charge is 0.269 e. The number of methoxy groups -OCH3 is 1. The van der Waals surface area contributed by atoms with Gasteiger partial charge in [-0.2, -0.15) is 0 Å². The first-order chi connectivity index (χ1) is 8.44. The van der Waals surface area contributed by atoms with Gasteiger partial charge in [0.2, 0.25) is 0 Å². The Bertz CT molecular complexity index is 544. The van der Waals surface area contributed by atoms with Gasteiger partial charge in [-0.3, -0.25) is 9.59 Å². The molecule has 3 rings (SSSR count). The van der Waals surface area contributed by atoms with Gasteiger partial charge < -0.3 is 9.47 Å². The average molecular weight is 247 g/mol. The van der Waals surface area contributed by atoms with E-state index in [4.69, 9.17) is 9.47 Å². The van der Waals surface area contributed by atoms with E-state index in [2.05, 4.69) is 0 Å². The number of imide groups is 1. The molecular formula is C13H13NO4. The highest BCUT2D eigenvalue weighted by Crippen LogP contribution is 2.55. The number of amides is 2. The largest absolute Gasteiger partial charge is 0.497 e. The van der Waals surface area contributed by atoms with Gasteiger partial charge in [-0.25, -0.2) is 4.90 Å². The topological polar surface area (TPSA) is 59.1 Å². The summed E-state index contributed by atoms with van der Waals surface area (Å²) in [6.45, 7) is 3.29. The summed E-state index contributed by atoms with van der Waals surface area (Å²) in [6.07, 6.45) is 0. The number of epoxide rings is 1. The Balaban J connectivity index is 2.04. The monoisotopic (exact) mass is 247 g/mol. The van der Waals surface area contributed by atoms with Gasteiger partial charge >= 0.3 is 0 Å². The van der Waals surface area contributed by atoms with E-state index in [0.717, 1.165) is 0 Å². The maximum Gasteiger partial charge on any atom is 0.269 e. The molecule has 5 nitrogen and oxygen atoms in total. The minimum absolute atomic E-state index is 0.316. The maximum atomic E-state index is 12.2. The van der Waals surface area contributed by atoms with E-state index in [0.29, 0.717) is 11.4 Å². The van der Waals surface area contributed by atoms with Crippen LogP contribution >= 0.6 is 0 Å². The number of hydrogen-bond acceptors (Lipinski definition) is 4. The van der Waals surface area contributed by atoms with Gasteiger partial charge in [0.05, 0.1) is 12.8 Å². The lowest BCUT2D eigenvalue weighted by molar-refractivity contribution is -0.129. The van der Waals surface area contributed by atoms with E-state index in [9.17, 15) is 9.59 Å². The number of anilines is 1. The molecule has 2 aliphatic heterocycles. The van der Waals surface area contributed by atoms with Gasteiger partial charge in [0.15, 0.2) is 11.2 Å². The molecular weight excluding hydrogens is 234 g/mol. The molecule has 2 fully saturated rings. The summed E-state index contributed by atoms with van der Waals surface area (Å²) in [5, 5.41) is 0. The Morgan fingerprint density at radius 1 is 1.17 bits per heavy atom. The van der Waals surface area contributed by atoms with Crippen molar-refractivity contribution >= 4 is 17.5 Å². The summed E-state index contributed by atoms with van der Waals surface area (Å²) >= 11 is 0. The van der Waals surface area contributed by atoms with Crippen LogP contribution in [0.4, 0.5) is 5.69 Å². The van der Waals surface area contributed by atoms with Crippen LogP contribution in [-0.4, -0.2) is 30.1 Å². The van der Waals surface area contributed by atoms with Gasteiger partial charge in [0.25, 0.3) is 11.8 Å². The van der Waals surface area contributed by atoms with Crippen molar-refractivity contribution in [2.75, 3.05) is 12.0 Å². The van der Waals surface area contributed by atoms with Crippen molar-refractivity contribution in [3.8, 4) is 5.75 Å². The van der Waals surface area contributed by atoms with E-state index in [1.165, 1.54) is 12.0 Å². The molecule has 2 aliphatic rings. The van der Waals surface area contributed by atoms with Crippen LogP contribution in [0.15, 0.2) is 24.3 Å². The number of ether oxygens (including phenoxy) is 2. The van der Waals surface area contributed by atoms with E-state index in [-0.39, 0.29) is 11.8 Å². The Morgan fingerprint density at radius 3 is 2.33 bits per heavy atom. The zero-order valence-corrected chi connectivity index (χ0v) is 10.4. The van der Waals surface area contributed by atoms with Gasteiger partial charge in [-0.1, -0.05) is 6.07 Å². The quantitative estimate of drug-likeness (QED) is 0.580. The lowest BCUT2D eigenvalue weighted by Crippen LogP contribution is -2.38. The minimum Gasteiger partial charge on any atom is -0.497 e. The Hall–Kier alpha value is -1.88. The van der Waals surface area contributed by atoms with Crippen LogP contribution in [0, 0.1) is 0 Å². The molecule has 1 aromatic carbocycles. The SMILES string of the molecule is COc1cccc(N2C(=O)C3(C)OC3(C)C2=O)c1. The predicted molar refractivity (Wildman–Crippen MR) is 63.4 cm³/mol. The maximum absolute atomic E-state index is 12.2. The van der Waals surface area contributed by atoms with E-state index < -0.39 is 11.2 Å². The number of hydrogen-bond donors (Lipinski definition) is 0. The molecule has 2 atom stereocenters. The standard InChI is InChI=1S/C13H13NO4/c1-12-10(15)14(11(16)13(12,2)18-12)8-5-4-6-9(7-8)17-3/h4-7H,1-3H3. The third-order valence-electron chi connectivity index (χ3n) is 3.81.